The molecule has 2 aromatic rings. The molecule has 0 saturated heterocycles. The number of anilines is 1. The van der Waals surface area contributed by atoms with Crippen molar-refractivity contribution in [1.82, 2.24) is 10.2 Å². The first kappa shape index (κ1) is 30.3. The third kappa shape index (κ3) is 8.39. The Morgan fingerprint density at radius 2 is 1.74 bits per heavy atom. The molecule has 9 heteroatoms. The van der Waals surface area contributed by atoms with Crippen LogP contribution < -0.4 is 15.4 Å². The molecule has 0 spiro atoms. The molecule has 1 fully saturated rings. The van der Waals surface area contributed by atoms with Crippen LogP contribution in [-0.2, 0) is 14.3 Å². The van der Waals surface area contributed by atoms with Crippen LogP contribution in [-0.4, -0.2) is 59.6 Å². The van der Waals surface area contributed by atoms with E-state index in [1.165, 1.54) is 0 Å². The minimum Gasteiger partial charge on any atom is -0.497 e. The summed E-state index contributed by atoms with van der Waals surface area (Å²) in [7, 11) is 1.59. The average Bonchev–Trinajstić information content (AvgIpc) is 3.71. The second kappa shape index (κ2) is 13.2. The normalized spacial score (nSPS) is 14.6. The van der Waals surface area contributed by atoms with E-state index in [4.69, 9.17) is 9.47 Å². The van der Waals surface area contributed by atoms with Crippen molar-refractivity contribution in [2.75, 3.05) is 24.4 Å². The molecule has 3 rings (SSSR count). The van der Waals surface area contributed by atoms with E-state index < -0.39 is 23.8 Å². The molecule has 2 atom stereocenters. The van der Waals surface area contributed by atoms with E-state index in [1.807, 2.05) is 38.3 Å². The molecular formula is C30H41N3O5S. The number of carbonyl (C=O) groups excluding carboxylic acids is 3. The van der Waals surface area contributed by atoms with Crippen LogP contribution >= 0.6 is 11.8 Å². The van der Waals surface area contributed by atoms with E-state index in [2.05, 4.69) is 10.6 Å². The Balaban J connectivity index is 2.00. The fourth-order valence-electron chi connectivity index (χ4n) is 4.37. The van der Waals surface area contributed by atoms with Crippen molar-refractivity contribution >= 4 is 35.4 Å². The van der Waals surface area contributed by atoms with Crippen molar-refractivity contribution in [2.24, 2.45) is 0 Å². The van der Waals surface area contributed by atoms with Crippen molar-refractivity contribution in [2.45, 2.75) is 77.6 Å². The highest BCUT2D eigenvalue weighted by atomic mass is 32.2. The smallest absolute Gasteiger partial charge is 0.408 e. The fraction of sp³-hybridized carbons (Fsp3) is 0.500. The number of benzene rings is 2. The quantitative estimate of drug-likeness (QED) is 0.373. The molecule has 8 nitrogen and oxygen atoms in total. The van der Waals surface area contributed by atoms with Gasteiger partial charge in [-0.1, -0.05) is 18.2 Å². The number of nitrogens with one attached hydrogen (secondary N) is 2. The van der Waals surface area contributed by atoms with Gasteiger partial charge in [-0.25, -0.2) is 4.79 Å². The van der Waals surface area contributed by atoms with Crippen molar-refractivity contribution < 1.29 is 23.9 Å². The summed E-state index contributed by atoms with van der Waals surface area (Å²) in [4.78, 5) is 42.6. The van der Waals surface area contributed by atoms with Gasteiger partial charge in [-0.05, 0) is 107 Å². The van der Waals surface area contributed by atoms with E-state index in [9.17, 15) is 14.4 Å². The molecule has 212 valence electrons. The van der Waals surface area contributed by atoms with Gasteiger partial charge in [0.2, 0.25) is 5.91 Å². The van der Waals surface area contributed by atoms with E-state index in [0.717, 1.165) is 29.5 Å². The number of hydrogen-bond donors (Lipinski definition) is 2. The van der Waals surface area contributed by atoms with Crippen LogP contribution in [0.2, 0.25) is 0 Å². The Labute approximate surface area is 236 Å². The van der Waals surface area contributed by atoms with E-state index in [1.54, 1.807) is 68.8 Å². The monoisotopic (exact) mass is 555 g/mol. The van der Waals surface area contributed by atoms with Crippen LogP contribution in [0.5, 0.6) is 5.75 Å². The Morgan fingerprint density at radius 1 is 1.08 bits per heavy atom. The lowest BCUT2D eigenvalue weighted by atomic mass is 9.94. The number of ether oxygens (including phenoxy) is 2. The van der Waals surface area contributed by atoms with E-state index in [-0.39, 0.29) is 17.9 Å². The zero-order chi connectivity index (χ0) is 28.7. The van der Waals surface area contributed by atoms with Gasteiger partial charge in [0, 0.05) is 11.7 Å². The summed E-state index contributed by atoms with van der Waals surface area (Å²) in [5.74, 6) is 0.749. The number of methoxy groups -OCH3 is 1. The largest absolute Gasteiger partial charge is 0.497 e. The number of hydrogen-bond acceptors (Lipinski definition) is 6. The lowest BCUT2D eigenvalue weighted by molar-refractivity contribution is -0.141. The standard InChI is InChI=1S/C30H41N3O5S/c1-19-9-8-10-24(20(19)2)26(27(34)31-21-11-15-23(37-6)16-12-21)33(22-13-14-22)28(35)25(17-18-39-7)32-29(36)38-30(3,4)5/h8-12,15-16,22,25-26H,13-14,17-18H2,1-7H3,(H,31,34)(H,32,36). The summed E-state index contributed by atoms with van der Waals surface area (Å²) in [6, 6.07) is 11.1. The maximum Gasteiger partial charge on any atom is 0.408 e. The number of nitrogens with zero attached hydrogens (tertiary/aromatic N) is 1. The first-order chi connectivity index (χ1) is 18.4. The van der Waals surface area contributed by atoms with Gasteiger partial charge in [-0.3, -0.25) is 9.59 Å². The topological polar surface area (TPSA) is 97.0 Å². The van der Waals surface area contributed by atoms with Crippen LogP contribution in [0.15, 0.2) is 42.5 Å². The minimum absolute atomic E-state index is 0.0961. The molecule has 1 aliphatic carbocycles. The minimum atomic E-state index is -0.871. The predicted octanol–water partition coefficient (Wildman–Crippen LogP) is 5.63. The molecule has 0 radical (unpaired) electrons. The SMILES string of the molecule is COc1ccc(NC(=O)C(c2cccc(C)c2C)N(C(=O)C(CCSC)NC(=O)OC(C)(C)C)C2CC2)cc1. The molecule has 2 N–H and O–H groups in total. The summed E-state index contributed by atoms with van der Waals surface area (Å²) in [6.07, 6.45) is 3.32. The number of aryl methyl sites for hydroxylation is 1. The van der Waals surface area contributed by atoms with Crippen LogP contribution in [0.1, 0.15) is 62.8 Å². The van der Waals surface area contributed by atoms with Gasteiger partial charge < -0.3 is 25.0 Å². The van der Waals surface area contributed by atoms with E-state index >= 15 is 0 Å². The van der Waals surface area contributed by atoms with Crippen molar-refractivity contribution in [3.05, 3.63) is 59.2 Å². The Hall–Kier alpha value is -3.20. The lowest BCUT2D eigenvalue weighted by Gasteiger charge is -2.35. The van der Waals surface area contributed by atoms with Gasteiger partial charge in [0.25, 0.3) is 5.91 Å². The van der Waals surface area contributed by atoms with Crippen molar-refractivity contribution in [1.29, 1.82) is 0 Å². The number of thioether (sulfide) groups is 1. The summed E-state index contributed by atoms with van der Waals surface area (Å²) in [6.45, 7) is 9.30. The van der Waals surface area contributed by atoms with Gasteiger partial charge >= 0.3 is 6.09 Å². The van der Waals surface area contributed by atoms with Crippen molar-refractivity contribution in [3.63, 3.8) is 0 Å². The van der Waals surface area contributed by atoms with Gasteiger partial charge in [0.15, 0.2) is 0 Å². The van der Waals surface area contributed by atoms with Crippen molar-refractivity contribution in [3.8, 4) is 5.75 Å². The first-order valence-corrected chi connectivity index (χ1v) is 14.7. The Kier molecular flexibility index (Phi) is 10.3. The summed E-state index contributed by atoms with van der Waals surface area (Å²) in [5.41, 5.74) is 2.65. The van der Waals surface area contributed by atoms with E-state index in [0.29, 0.717) is 23.6 Å². The summed E-state index contributed by atoms with van der Waals surface area (Å²) in [5, 5.41) is 5.80. The molecule has 3 amide bonds. The highest BCUT2D eigenvalue weighted by molar-refractivity contribution is 7.98. The highest BCUT2D eigenvalue weighted by Gasteiger charge is 2.44. The Morgan fingerprint density at radius 3 is 2.31 bits per heavy atom. The molecule has 2 unspecified atom stereocenters. The number of alkyl carbamates (subject to hydrolysis) is 1. The Bertz CT molecular complexity index is 1160. The number of amides is 3. The fourth-order valence-corrected chi connectivity index (χ4v) is 4.84. The first-order valence-electron chi connectivity index (χ1n) is 13.3. The molecule has 39 heavy (non-hydrogen) atoms. The van der Waals surface area contributed by atoms with Crippen LogP contribution in [0.4, 0.5) is 10.5 Å². The molecule has 1 aliphatic rings. The maximum absolute atomic E-state index is 14.2. The molecule has 0 aliphatic heterocycles. The van der Waals surface area contributed by atoms with Gasteiger partial charge in [-0.15, -0.1) is 0 Å². The highest BCUT2D eigenvalue weighted by Crippen LogP contribution is 2.38. The second-order valence-corrected chi connectivity index (χ2v) is 11.9. The average molecular weight is 556 g/mol. The van der Waals surface area contributed by atoms with Gasteiger partial charge in [-0.2, -0.15) is 11.8 Å². The van der Waals surface area contributed by atoms with Crippen LogP contribution in [0.25, 0.3) is 0 Å². The predicted molar refractivity (Wildman–Crippen MR) is 156 cm³/mol. The van der Waals surface area contributed by atoms with Crippen LogP contribution in [0, 0.1) is 13.8 Å². The molecule has 0 aromatic heterocycles. The zero-order valence-electron chi connectivity index (χ0n) is 24.0. The molecule has 0 bridgehead atoms. The number of carbonyl (C=O) groups is 3. The van der Waals surface area contributed by atoms with Gasteiger partial charge in [0.1, 0.15) is 23.4 Å². The summed E-state index contributed by atoms with van der Waals surface area (Å²) >= 11 is 1.59. The molecule has 1 saturated carbocycles. The second-order valence-electron chi connectivity index (χ2n) is 10.9. The third-order valence-electron chi connectivity index (χ3n) is 6.62. The van der Waals surface area contributed by atoms with Crippen LogP contribution in [0.3, 0.4) is 0 Å². The molecular weight excluding hydrogens is 514 g/mol. The molecule has 0 heterocycles. The van der Waals surface area contributed by atoms with Gasteiger partial charge in [0.05, 0.1) is 7.11 Å². The molecule has 2 aromatic carbocycles. The number of rotatable bonds is 11. The maximum atomic E-state index is 14.2. The lowest BCUT2D eigenvalue weighted by Crippen LogP contribution is -2.53. The summed E-state index contributed by atoms with van der Waals surface area (Å²) < 4.78 is 10.7. The third-order valence-corrected chi connectivity index (χ3v) is 7.26. The zero-order valence-corrected chi connectivity index (χ0v) is 24.8.